The third kappa shape index (κ3) is 3.73. The summed E-state index contributed by atoms with van der Waals surface area (Å²) < 4.78 is 10.6. The van der Waals surface area contributed by atoms with Crippen molar-refractivity contribution in [2.24, 2.45) is 0 Å². The first-order chi connectivity index (χ1) is 12.6. The third-order valence-electron chi connectivity index (χ3n) is 3.56. The predicted molar refractivity (Wildman–Crippen MR) is 102 cm³/mol. The Morgan fingerprint density at radius 2 is 1.77 bits per heavy atom. The quantitative estimate of drug-likeness (QED) is 0.539. The number of rotatable bonds is 4. The van der Waals surface area contributed by atoms with E-state index in [0.717, 1.165) is 0 Å². The molecule has 0 radical (unpaired) electrons. The molecule has 0 aliphatic rings. The first kappa shape index (κ1) is 17.6. The van der Waals surface area contributed by atoms with Crippen LogP contribution in [0.4, 0.5) is 5.69 Å². The van der Waals surface area contributed by atoms with Crippen molar-refractivity contribution in [1.29, 1.82) is 0 Å². The number of furan rings is 1. The van der Waals surface area contributed by atoms with Crippen LogP contribution in [0, 0.1) is 0 Å². The Morgan fingerprint density at radius 1 is 1.08 bits per heavy atom. The molecular formula is C19H16N2O4S. The van der Waals surface area contributed by atoms with Crippen molar-refractivity contribution in [3.05, 3.63) is 65.9 Å². The lowest BCUT2D eigenvalue weighted by Gasteiger charge is -2.10. The Morgan fingerprint density at radius 3 is 2.50 bits per heavy atom. The molecule has 7 heteroatoms. The number of ether oxygens (including phenoxy) is 1. The number of hydrogen-bond acceptors (Lipinski definition) is 5. The van der Waals surface area contributed by atoms with Crippen molar-refractivity contribution in [1.82, 2.24) is 5.32 Å². The number of para-hydroxylation sites is 1. The van der Waals surface area contributed by atoms with Crippen LogP contribution in [-0.4, -0.2) is 23.6 Å². The third-order valence-corrected chi connectivity index (χ3v) is 3.76. The van der Waals surface area contributed by atoms with Gasteiger partial charge in [0.1, 0.15) is 11.3 Å². The summed E-state index contributed by atoms with van der Waals surface area (Å²) in [5, 5.41) is 6.17. The fourth-order valence-electron chi connectivity index (χ4n) is 2.42. The summed E-state index contributed by atoms with van der Waals surface area (Å²) >= 11 is 5.22. The monoisotopic (exact) mass is 368 g/mol. The minimum atomic E-state index is -0.608. The van der Waals surface area contributed by atoms with E-state index in [0.29, 0.717) is 22.2 Å². The van der Waals surface area contributed by atoms with Gasteiger partial charge in [-0.1, -0.05) is 30.3 Å². The molecule has 6 nitrogen and oxygen atoms in total. The zero-order chi connectivity index (χ0) is 18.5. The summed E-state index contributed by atoms with van der Waals surface area (Å²) in [6.45, 7) is 1.92. The number of amides is 1. The second-order valence-electron chi connectivity index (χ2n) is 5.30. The van der Waals surface area contributed by atoms with Gasteiger partial charge < -0.3 is 14.5 Å². The van der Waals surface area contributed by atoms with Gasteiger partial charge in [0.25, 0.3) is 5.91 Å². The lowest BCUT2D eigenvalue weighted by atomic mass is 10.2. The van der Waals surface area contributed by atoms with Crippen LogP contribution in [0.25, 0.3) is 11.0 Å². The number of thiocarbonyl (C=S) groups is 1. The maximum atomic E-state index is 12.2. The number of nitrogens with one attached hydrogen (secondary N) is 2. The molecule has 0 saturated heterocycles. The lowest BCUT2D eigenvalue weighted by Crippen LogP contribution is -2.34. The highest BCUT2D eigenvalue weighted by atomic mass is 32.1. The zero-order valence-electron chi connectivity index (χ0n) is 13.9. The first-order valence-electron chi connectivity index (χ1n) is 7.96. The van der Waals surface area contributed by atoms with Crippen LogP contribution in [0.15, 0.2) is 59.0 Å². The van der Waals surface area contributed by atoms with E-state index in [1.54, 1.807) is 49.4 Å². The molecule has 2 aromatic carbocycles. The Hall–Kier alpha value is -3.19. The molecule has 0 atom stereocenters. The number of anilines is 1. The molecule has 3 aromatic rings. The van der Waals surface area contributed by atoms with E-state index in [-0.39, 0.29) is 23.4 Å². The lowest BCUT2D eigenvalue weighted by molar-refractivity contribution is 0.0494. The predicted octanol–water partition coefficient (Wildman–Crippen LogP) is 3.74. The molecule has 0 fully saturated rings. The molecule has 1 aromatic heterocycles. The van der Waals surface area contributed by atoms with Crippen molar-refractivity contribution < 1.29 is 18.7 Å². The number of carbonyl (C=O) groups is 2. The Labute approximate surface area is 155 Å². The maximum absolute atomic E-state index is 12.2. The largest absolute Gasteiger partial charge is 0.460 e. The van der Waals surface area contributed by atoms with E-state index in [4.69, 9.17) is 21.4 Å². The van der Waals surface area contributed by atoms with E-state index >= 15 is 0 Å². The Kier molecular flexibility index (Phi) is 5.28. The maximum Gasteiger partial charge on any atom is 0.376 e. The highest BCUT2D eigenvalue weighted by Crippen LogP contribution is 2.31. The topological polar surface area (TPSA) is 80.6 Å². The molecule has 132 valence electrons. The summed E-state index contributed by atoms with van der Waals surface area (Å²) in [5.74, 6) is -0.957. The normalized spacial score (nSPS) is 10.3. The van der Waals surface area contributed by atoms with E-state index in [1.807, 2.05) is 12.1 Å². The number of fused-ring (bicyclic) bond motifs is 1. The van der Waals surface area contributed by atoms with E-state index in [9.17, 15) is 9.59 Å². The highest BCUT2D eigenvalue weighted by Gasteiger charge is 2.22. The van der Waals surface area contributed by atoms with Gasteiger partial charge in [-0.15, -0.1) is 0 Å². The molecule has 0 bridgehead atoms. The van der Waals surface area contributed by atoms with E-state index in [2.05, 4.69) is 10.6 Å². The van der Waals surface area contributed by atoms with Crippen LogP contribution < -0.4 is 10.6 Å². The van der Waals surface area contributed by atoms with Crippen LogP contribution in [0.3, 0.4) is 0 Å². The molecule has 0 unspecified atom stereocenters. The molecule has 26 heavy (non-hydrogen) atoms. The van der Waals surface area contributed by atoms with Crippen LogP contribution in [0.2, 0.25) is 0 Å². The van der Waals surface area contributed by atoms with Crippen molar-refractivity contribution in [2.75, 3.05) is 11.9 Å². The van der Waals surface area contributed by atoms with Gasteiger partial charge in [-0.2, -0.15) is 0 Å². The Balaban J connectivity index is 1.85. The molecule has 1 heterocycles. The molecule has 0 aliphatic carbocycles. The zero-order valence-corrected chi connectivity index (χ0v) is 14.8. The van der Waals surface area contributed by atoms with Crippen molar-refractivity contribution in [3.8, 4) is 0 Å². The molecule has 2 N–H and O–H groups in total. The summed E-state index contributed by atoms with van der Waals surface area (Å²) in [6.07, 6.45) is 0. The van der Waals surface area contributed by atoms with Crippen molar-refractivity contribution >= 4 is 45.9 Å². The number of carbonyl (C=O) groups excluding carboxylic acids is 2. The van der Waals surface area contributed by atoms with Gasteiger partial charge >= 0.3 is 5.97 Å². The van der Waals surface area contributed by atoms with Crippen LogP contribution >= 0.6 is 12.2 Å². The summed E-state index contributed by atoms with van der Waals surface area (Å²) in [4.78, 5) is 24.4. The first-order valence-corrected chi connectivity index (χ1v) is 8.37. The van der Waals surface area contributed by atoms with Gasteiger partial charge in [0.15, 0.2) is 5.11 Å². The van der Waals surface area contributed by atoms with Gasteiger partial charge in [0.2, 0.25) is 5.76 Å². The highest BCUT2D eigenvalue weighted by molar-refractivity contribution is 7.80. The molecule has 0 saturated carbocycles. The van der Waals surface area contributed by atoms with E-state index < -0.39 is 5.97 Å². The number of hydrogen-bond donors (Lipinski definition) is 2. The second kappa shape index (κ2) is 7.79. The number of esters is 1. The van der Waals surface area contributed by atoms with Gasteiger partial charge in [-0.25, -0.2) is 4.79 Å². The molecule has 1 amide bonds. The fourth-order valence-corrected chi connectivity index (χ4v) is 2.61. The molecular weight excluding hydrogens is 352 g/mol. The SMILES string of the molecule is CCOC(=O)c1oc2ccccc2c1NC(=S)NC(=O)c1ccccc1. The summed E-state index contributed by atoms with van der Waals surface area (Å²) in [5.41, 5.74) is 1.34. The average Bonchev–Trinajstić information content (AvgIpc) is 3.01. The van der Waals surface area contributed by atoms with Crippen LogP contribution in [-0.2, 0) is 4.74 Å². The van der Waals surface area contributed by atoms with Crippen LogP contribution in [0.5, 0.6) is 0 Å². The van der Waals surface area contributed by atoms with Crippen molar-refractivity contribution in [3.63, 3.8) is 0 Å². The number of benzene rings is 2. The summed E-state index contributed by atoms with van der Waals surface area (Å²) in [7, 11) is 0. The second-order valence-corrected chi connectivity index (χ2v) is 5.71. The van der Waals surface area contributed by atoms with Gasteiger partial charge in [-0.3, -0.25) is 10.1 Å². The van der Waals surface area contributed by atoms with Gasteiger partial charge in [0, 0.05) is 10.9 Å². The van der Waals surface area contributed by atoms with E-state index in [1.165, 1.54) is 0 Å². The molecule has 0 aliphatic heterocycles. The van der Waals surface area contributed by atoms with Gasteiger partial charge in [0.05, 0.1) is 6.61 Å². The average molecular weight is 368 g/mol. The van der Waals surface area contributed by atoms with Crippen LogP contribution in [0.1, 0.15) is 27.8 Å². The minimum absolute atomic E-state index is 0.00404. The standard InChI is InChI=1S/C19H16N2O4S/c1-2-24-18(23)16-15(13-10-6-7-11-14(13)25-16)20-19(26)21-17(22)12-8-4-3-5-9-12/h3-11H,2H2,1H3,(H2,20,21,22,26). The Bertz CT molecular complexity index is 966. The molecule has 3 rings (SSSR count). The fraction of sp³-hybridized carbons (Fsp3) is 0.105. The van der Waals surface area contributed by atoms with Crippen molar-refractivity contribution in [2.45, 2.75) is 6.92 Å². The molecule has 0 spiro atoms. The minimum Gasteiger partial charge on any atom is -0.460 e. The summed E-state index contributed by atoms with van der Waals surface area (Å²) in [6, 6.07) is 15.8. The smallest absolute Gasteiger partial charge is 0.376 e. The van der Waals surface area contributed by atoms with Gasteiger partial charge in [-0.05, 0) is 43.4 Å².